The minimum absolute atomic E-state index is 0.325. The van der Waals surface area contributed by atoms with Crippen LogP contribution < -0.4 is 4.74 Å². The van der Waals surface area contributed by atoms with Crippen LogP contribution in [0.3, 0.4) is 0 Å². The quantitative estimate of drug-likeness (QED) is 0.436. The smallest absolute Gasteiger partial charge is 0.277 e. The molecule has 0 radical (unpaired) electrons. The van der Waals surface area contributed by atoms with E-state index < -0.39 is 6.10 Å². The number of nitrogens with zero attached hydrogens (tertiary/aromatic N) is 6. The summed E-state index contributed by atoms with van der Waals surface area (Å²) in [7, 11) is 0. The third kappa shape index (κ3) is 4.17. The van der Waals surface area contributed by atoms with Gasteiger partial charge in [-0.15, -0.1) is 15.3 Å². The second-order valence-electron chi connectivity index (χ2n) is 5.75. The minimum Gasteiger partial charge on any atom is -0.481 e. The molecule has 0 saturated carbocycles. The molecule has 0 bridgehead atoms. The Kier molecular flexibility index (Phi) is 5.29. The van der Waals surface area contributed by atoms with E-state index in [-0.39, 0.29) is 5.82 Å². The van der Waals surface area contributed by atoms with Gasteiger partial charge in [0.2, 0.25) is 0 Å². The SMILES string of the molecule is CC(Oc1ccc(F)cc1)c1nnc(SCc2nnnn2-c2ccccc2)o1. The molecular formula is C18H15FN6O2S. The molecule has 2 aromatic carbocycles. The Hall–Kier alpha value is -3.27. The van der Waals surface area contributed by atoms with E-state index in [1.807, 2.05) is 30.3 Å². The van der Waals surface area contributed by atoms with E-state index in [0.29, 0.717) is 28.4 Å². The maximum Gasteiger partial charge on any atom is 0.277 e. The topological polar surface area (TPSA) is 91.8 Å². The number of tetrazole rings is 1. The van der Waals surface area contributed by atoms with E-state index in [1.165, 1.54) is 23.9 Å². The predicted molar refractivity (Wildman–Crippen MR) is 98.5 cm³/mol. The van der Waals surface area contributed by atoms with Crippen molar-refractivity contribution in [2.45, 2.75) is 24.0 Å². The number of ether oxygens (including phenoxy) is 1. The highest BCUT2D eigenvalue weighted by molar-refractivity contribution is 7.98. The molecule has 4 aromatic rings. The van der Waals surface area contributed by atoms with Crippen LogP contribution in [0.1, 0.15) is 24.7 Å². The average Bonchev–Trinajstić information content (AvgIpc) is 3.38. The first kappa shape index (κ1) is 18.1. The molecule has 0 aliphatic rings. The van der Waals surface area contributed by atoms with Gasteiger partial charge < -0.3 is 9.15 Å². The van der Waals surface area contributed by atoms with Crippen molar-refractivity contribution in [3.05, 3.63) is 72.1 Å². The molecule has 0 amide bonds. The summed E-state index contributed by atoms with van der Waals surface area (Å²) in [5, 5.41) is 20.2. The average molecular weight is 398 g/mol. The first-order valence-corrected chi connectivity index (χ1v) is 9.39. The van der Waals surface area contributed by atoms with Crippen LogP contribution in [0.4, 0.5) is 4.39 Å². The summed E-state index contributed by atoms with van der Waals surface area (Å²) < 4.78 is 26.0. The molecule has 0 spiro atoms. The fourth-order valence-corrected chi connectivity index (χ4v) is 3.08. The minimum atomic E-state index is -0.470. The molecule has 2 heterocycles. The molecular weight excluding hydrogens is 383 g/mol. The van der Waals surface area contributed by atoms with Gasteiger partial charge in [0.05, 0.1) is 11.4 Å². The Labute approximate surface area is 163 Å². The van der Waals surface area contributed by atoms with E-state index in [1.54, 1.807) is 23.7 Å². The van der Waals surface area contributed by atoms with Gasteiger partial charge >= 0.3 is 0 Å². The maximum absolute atomic E-state index is 13.0. The van der Waals surface area contributed by atoms with Crippen molar-refractivity contribution in [2.24, 2.45) is 0 Å². The highest BCUT2D eigenvalue weighted by Crippen LogP contribution is 2.26. The first-order chi connectivity index (χ1) is 13.7. The van der Waals surface area contributed by atoms with Crippen molar-refractivity contribution in [1.82, 2.24) is 30.4 Å². The molecule has 0 N–H and O–H groups in total. The molecule has 2 aromatic heterocycles. The van der Waals surface area contributed by atoms with Crippen LogP contribution in [0.15, 0.2) is 64.2 Å². The number of halogens is 1. The van der Waals surface area contributed by atoms with E-state index in [9.17, 15) is 4.39 Å². The molecule has 0 saturated heterocycles. The summed E-state index contributed by atoms with van der Waals surface area (Å²) in [4.78, 5) is 0. The van der Waals surface area contributed by atoms with Gasteiger partial charge in [-0.05, 0) is 53.7 Å². The molecule has 142 valence electrons. The molecule has 10 heteroatoms. The van der Waals surface area contributed by atoms with Crippen LogP contribution >= 0.6 is 11.8 Å². The van der Waals surface area contributed by atoms with E-state index in [4.69, 9.17) is 9.15 Å². The summed E-state index contributed by atoms with van der Waals surface area (Å²) in [5.74, 6) is 1.63. The van der Waals surface area contributed by atoms with E-state index in [0.717, 1.165) is 5.69 Å². The van der Waals surface area contributed by atoms with Crippen LogP contribution in [0.5, 0.6) is 5.75 Å². The maximum atomic E-state index is 13.0. The zero-order valence-corrected chi connectivity index (χ0v) is 15.6. The van der Waals surface area contributed by atoms with Crippen LogP contribution in [-0.4, -0.2) is 30.4 Å². The Morgan fingerprint density at radius 3 is 2.64 bits per heavy atom. The monoisotopic (exact) mass is 398 g/mol. The lowest BCUT2D eigenvalue weighted by molar-refractivity contribution is 0.181. The zero-order chi connectivity index (χ0) is 19.3. The Balaban J connectivity index is 1.39. The van der Waals surface area contributed by atoms with Crippen molar-refractivity contribution < 1.29 is 13.5 Å². The molecule has 8 nitrogen and oxygen atoms in total. The van der Waals surface area contributed by atoms with Gasteiger partial charge in [0.15, 0.2) is 11.9 Å². The molecule has 28 heavy (non-hydrogen) atoms. The van der Waals surface area contributed by atoms with Gasteiger partial charge in [-0.1, -0.05) is 30.0 Å². The molecule has 0 aliphatic carbocycles. The van der Waals surface area contributed by atoms with Crippen molar-refractivity contribution in [1.29, 1.82) is 0 Å². The fourth-order valence-electron chi connectivity index (χ4n) is 2.40. The summed E-state index contributed by atoms with van der Waals surface area (Å²) in [5.41, 5.74) is 0.871. The Morgan fingerprint density at radius 2 is 1.86 bits per heavy atom. The highest BCUT2D eigenvalue weighted by Gasteiger charge is 2.17. The number of benzene rings is 2. The largest absolute Gasteiger partial charge is 0.481 e. The third-order valence-corrected chi connectivity index (χ3v) is 4.57. The highest BCUT2D eigenvalue weighted by atomic mass is 32.2. The first-order valence-electron chi connectivity index (χ1n) is 8.40. The number of para-hydroxylation sites is 1. The van der Waals surface area contributed by atoms with Gasteiger partial charge in [-0.2, -0.15) is 4.68 Å². The zero-order valence-electron chi connectivity index (χ0n) is 14.8. The molecule has 1 atom stereocenters. The summed E-state index contributed by atoms with van der Waals surface area (Å²) in [6.07, 6.45) is -0.470. The van der Waals surface area contributed by atoms with E-state index >= 15 is 0 Å². The summed E-state index contributed by atoms with van der Waals surface area (Å²) in [6, 6.07) is 15.3. The molecule has 0 aliphatic heterocycles. The number of hydrogen-bond acceptors (Lipinski definition) is 8. The third-order valence-electron chi connectivity index (χ3n) is 3.76. The van der Waals surface area contributed by atoms with Crippen molar-refractivity contribution in [3.63, 3.8) is 0 Å². The molecule has 4 rings (SSSR count). The summed E-state index contributed by atoms with van der Waals surface area (Å²) in [6.45, 7) is 1.78. The lowest BCUT2D eigenvalue weighted by atomic mass is 10.3. The van der Waals surface area contributed by atoms with Crippen molar-refractivity contribution >= 4 is 11.8 Å². The number of thioether (sulfide) groups is 1. The van der Waals surface area contributed by atoms with Gasteiger partial charge in [-0.3, -0.25) is 0 Å². The van der Waals surface area contributed by atoms with Gasteiger partial charge in [-0.25, -0.2) is 4.39 Å². The predicted octanol–water partition coefficient (Wildman–Crippen LogP) is 3.62. The van der Waals surface area contributed by atoms with Crippen molar-refractivity contribution in [3.8, 4) is 11.4 Å². The number of hydrogen-bond donors (Lipinski definition) is 0. The summed E-state index contributed by atoms with van der Waals surface area (Å²) >= 11 is 1.32. The van der Waals surface area contributed by atoms with Crippen LogP contribution in [0.25, 0.3) is 5.69 Å². The van der Waals surface area contributed by atoms with Gasteiger partial charge in [0.1, 0.15) is 11.6 Å². The number of aromatic nitrogens is 6. The van der Waals surface area contributed by atoms with Crippen LogP contribution in [0.2, 0.25) is 0 Å². The lowest BCUT2D eigenvalue weighted by Gasteiger charge is -2.10. The Bertz CT molecular complexity index is 1040. The van der Waals surface area contributed by atoms with E-state index in [2.05, 4.69) is 25.7 Å². The van der Waals surface area contributed by atoms with Crippen LogP contribution in [-0.2, 0) is 5.75 Å². The lowest BCUT2D eigenvalue weighted by Crippen LogP contribution is -2.03. The van der Waals surface area contributed by atoms with Gasteiger partial charge in [0, 0.05) is 0 Å². The second-order valence-corrected chi connectivity index (χ2v) is 6.68. The molecule has 0 fully saturated rings. The standard InChI is InChI=1S/C18H15FN6O2S/c1-12(26-15-9-7-13(19)8-10-15)17-21-22-18(27-17)28-11-16-20-23-24-25(16)14-5-3-2-4-6-14/h2-10,12H,11H2,1H3. The van der Waals surface area contributed by atoms with Crippen molar-refractivity contribution in [2.75, 3.05) is 0 Å². The Morgan fingerprint density at radius 1 is 1.07 bits per heavy atom. The fraction of sp³-hybridized carbons (Fsp3) is 0.167. The molecule has 1 unspecified atom stereocenters. The normalized spacial score (nSPS) is 12.1. The number of rotatable bonds is 7. The van der Waals surface area contributed by atoms with Crippen LogP contribution in [0, 0.1) is 5.82 Å². The van der Waals surface area contributed by atoms with Gasteiger partial charge in [0.25, 0.3) is 11.1 Å². The second kappa shape index (κ2) is 8.17.